The summed E-state index contributed by atoms with van der Waals surface area (Å²) in [5.74, 6) is 0.569. The zero-order valence-electron chi connectivity index (χ0n) is 15.9. The number of halogens is 3. The van der Waals surface area contributed by atoms with Gasteiger partial charge in [-0.3, -0.25) is 4.79 Å². The molecule has 2 heterocycles. The molecule has 0 radical (unpaired) electrons. The van der Waals surface area contributed by atoms with Crippen LogP contribution >= 0.6 is 36.4 Å². The Bertz CT molecular complexity index is 988. The third-order valence-electron chi connectivity index (χ3n) is 5.33. The SMILES string of the molecule is Cl.Cl.NCC1CCN(C(=O)c2cc(-c3ccccc3Cl)nc3ccccc23)CC1. The second kappa shape index (κ2) is 10.3. The maximum Gasteiger partial charge on any atom is 0.254 e. The molecule has 1 amide bonds. The lowest BCUT2D eigenvalue weighted by molar-refractivity contribution is 0.0695. The highest BCUT2D eigenvalue weighted by molar-refractivity contribution is 6.33. The van der Waals surface area contributed by atoms with Crippen molar-refractivity contribution >= 4 is 53.2 Å². The van der Waals surface area contributed by atoms with Crippen LogP contribution in [-0.4, -0.2) is 35.4 Å². The minimum Gasteiger partial charge on any atom is -0.339 e. The van der Waals surface area contributed by atoms with Gasteiger partial charge in [-0.15, -0.1) is 24.8 Å². The number of hydrogen-bond acceptors (Lipinski definition) is 3. The van der Waals surface area contributed by atoms with Crippen molar-refractivity contribution in [3.63, 3.8) is 0 Å². The summed E-state index contributed by atoms with van der Waals surface area (Å²) in [6.45, 7) is 2.19. The van der Waals surface area contributed by atoms with Crippen molar-refractivity contribution in [2.45, 2.75) is 12.8 Å². The second-order valence-corrected chi connectivity index (χ2v) is 7.43. The van der Waals surface area contributed by atoms with Gasteiger partial charge >= 0.3 is 0 Å². The van der Waals surface area contributed by atoms with Gasteiger partial charge in [-0.05, 0) is 43.5 Å². The van der Waals surface area contributed by atoms with E-state index in [9.17, 15) is 4.79 Å². The number of para-hydroxylation sites is 1. The van der Waals surface area contributed by atoms with Crippen LogP contribution in [0.1, 0.15) is 23.2 Å². The topological polar surface area (TPSA) is 59.2 Å². The molecule has 2 aromatic carbocycles. The maximum atomic E-state index is 13.3. The fraction of sp³-hybridized carbons (Fsp3) is 0.273. The van der Waals surface area contributed by atoms with Gasteiger partial charge in [0, 0.05) is 29.1 Å². The minimum atomic E-state index is 0. The second-order valence-electron chi connectivity index (χ2n) is 7.02. The number of fused-ring (bicyclic) bond motifs is 1. The summed E-state index contributed by atoms with van der Waals surface area (Å²) in [6, 6.07) is 17.2. The average Bonchev–Trinajstić information content (AvgIpc) is 2.73. The van der Waals surface area contributed by atoms with Gasteiger partial charge < -0.3 is 10.6 Å². The largest absolute Gasteiger partial charge is 0.339 e. The van der Waals surface area contributed by atoms with E-state index in [0.29, 0.717) is 23.0 Å². The Labute approximate surface area is 188 Å². The van der Waals surface area contributed by atoms with E-state index in [1.165, 1.54) is 0 Å². The number of nitrogens with two attached hydrogens (primary N) is 1. The van der Waals surface area contributed by atoms with Crippen molar-refractivity contribution in [3.8, 4) is 11.3 Å². The predicted octanol–water partition coefficient (Wildman–Crippen LogP) is 5.21. The first-order valence-corrected chi connectivity index (χ1v) is 9.69. The van der Waals surface area contributed by atoms with E-state index in [2.05, 4.69) is 0 Å². The van der Waals surface area contributed by atoms with Crippen LogP contribution in [0.5, 0.6) is 0 Å². The molecule has 1 aliphatic rings. The molecule has 1 aliphatic heterocycles. The summed E-state index contributed by atoms with van der Waals surface area (Å²) in [6.07, 6.45) is 1.92. The van der Waals surface area contributed by atoms with E-state index in [1.54, 1.807) is 0 Å². The number of carbonyl (C=O) groups excluding carboxylic acids is 1. The molecule has 7 heteroatoms. The molecule has 0 unspecified atom stereocenters. The highest BCUT2D eigenvalue weighted by Gasteiger charge is 2.25. The van der Waals surface area contributed by atoms with E-state index in [0.717, 1.165) is 48.1 Å². The average molecular weight is 453 g/mol. The van der Waals surface area contributed by atoms with Gasteiger partial charge in [0.05, 0.1) is 16.8 Å². The molecule has 1 aromatic heterocycles. The Morgan fingerprint density at radius 3 is 2.41 bits per heavy atom. The van der Waals surface area contributed by atoms with Crippen LogP contribution in [0, 0.1) is 5.92 Å². The molecule has 0 saturated carbocycles. The molecule has 29 heavy (non-hydrogen) atoms. The Morgan fingerprint density at radius 1 is 1.07 bits per heavy atom. The van der Waals surface area contributed by atoms with Crippen molar-refractivity contribution in [2.75, 3.05) is 19.6 Å². The molecule has 154 valence electrons. The molecular weight excluding hydrogens is 429 g/mol. The number of piperidine rings is 1. The van der Waals surface area contributed by atoms with Gasteiger partial charge in [0.15, 0.2) is 0 Å². The van der Waals surface area contributed by atoms with E-state index in [1.807, 2.05) is 59.5 Å². The number of hydrogen-bond donors (Lipinski definition) is 1. The van der Waals surface area contributed by atoms with E-state index >= 15 is 0 Å². The van der Waals surface area contributed by atoms with Crippen molar-refractivity contribution < 1.29 is 4.79 Å². The summed E-state index contributed by atoms with van der Waals surface area (Å²) < 4.78 is 0. The fourth-order valence-electron chi connectivity index (χ4n) is 3.70. The van der Waals surface area contributed by atoms with Gasteiger partial charge in [-0.1, -0.05) is 48.0 Å². The molecular formula is C22H24Cl3N3O. The molecule has 0 aliphatic carbocycles. The molecule has 4 nitrogen and oxygen atoms in total. The highest BCUT2D eigenvalue weighted by Crippen LogP contribution is 2.30. The Hall–Kier alpha value is -1.85. The lowest BCUT2D eigenvalue weighted by Crippen LogP contribution is -2.40. The van der Waals surface area contributed by atoms with Gasteiger partial charge in [0.2, 0.25) is 0 Å². The molecule has 2 N–H and O–H groups in total. The Morgan fingerprint density at radius 2 is 1.72 bits per heavy atom. The quantitative estimate of drug-likeness (QED) is 0.593. The number of rotatable bonds is 3. The molecule has 3 aromatic rings. The predicted molar refractivity (Wildman–Crippen MR) is 124 cm³/mol. The Kier molecular flexibility index (Phi) is 8.29. The molecule has 1 fully saturated rings. The van der Waals surface area contributed by atoms with E-state index < -0.39 is 0 Å². The lowest BCUT2D eigenvalue weighted by atomic mass is 9.96. The zero-order valence-corrected chi connectivity index (χ0v) is 18.3. The first kappa shape index (κ1) is 23.4. The van der Waals surface area contributed by atoms with E-state index in [-0.39, 0.29) is 30.7 Å². The number of amides is 1. The third kappa shape index (κ3) is 4.84. The van der Waals surface area contributed by atoms with Gasteiger partial charge in [-0.2, -0.15) is 0 Å². The van der Waals surface area contributed by atoms with Crippen LogP contribution in [0.2, 0.25) is 5.02 Å². The van der Waals surface area contributed by atoms with Crippen molar-refractivity contribution in [2.24, 2.45) is 11.7 Å². The van der Waals surface area contributed by atoms with Crippen LogP contribution < -0.4 is 5.73 Å². The van der Waals surface area contributed by atoms with Crippen LogP contribution in [0.15, 0.2) is 54.6 Å². The van der Waals surface area contributed by atoms with Gasteiger partial charge in [0.1, 0.15) is 0 Å². The third-order valence-corrected chi connectivity index (χ3v) is 5.66. The summed E-state index contributed by atoms with van der Waals surface area (Å²) in [5.41, 5.74) is 8.82. The number of likely N-dealkylation sites (tertiary alicyclic amines) is 1. The number of aromatic nitrogens is 1. The van der Waals surface area contributed by atoms with E-state index in [4.69, 9.17) is 22.3 Å². The van der Waals surface area contributed by atoms with Gasteiger partial charge in [0.25, 0.3) is 5.91 Å². The van der Waals surface area contributed by atoms with Crippen LogP contribution in [0.4, 0.5) is 0 Å². The number of carbonyl (C=O) groups is 1. The Balaban J connectivity index is 0.00000150. The summed E-state index contributed by atoms with van der Waals surface area (Å²) in [7, 11) is 0. The lowest BCUT2D eigenvalue weighted by Gasteiger charge is -2.31. The van der Waals surface area contributed by atoms with Crippen molar-refractivity contribution in [1.82, 2.24) is 9.88 Å². The number of nitrogens with zero attached hydrogens (tertiary/aromatic N) is 2. The standard InChI is InChI=1S/C22H22ClN3O.2ClH/c23-19-7-3-1-6-17(19)21-13-18(16-5-2-4-8-20(16)25-21)22(27)26-11-9-15(14-24)10-12-26;;/h1-8,13,15H,9-12,14,24H2;2*1H. The van der Waals surface area contributed by atoms with Crippen molar-refractivity contribution in [3.05, 3.63) is 65.2 Å². The summed E-state index contributed by atoms with van der Waals surface area (Å²) >= 11 is 6.38. The molecule has 0 bridgehead atoms. The summed E-state index contributed by atoms with van der Waals surface area (Å²) in [5, 5.41) is 1.50. The first-order valence-electron chi connectivity index (χ1n) is 9.31. The fourth-order valence-corrected chi connectivity index (χ4v) is 3.93. The first-order chi connectivity index (χ1) is 13.2. The molecule has 0 spiro atoms. The summed E-state index contributed by atoms with van der Waals surface area (Å²) in [4.78, 5) is 20.0. The normalized spacial score (nSPS) is 14.2. The van der Waals surface area contributed by atoms with Gasteiger partial charge in [-0.25, -0.2) is 4.98 Å². The highest BCUT2D eigenvalue weighted by atomic mass is 35.5. The number of pyridine rings is 1. The minimum absolute atomic E-state index is 0. The molecule has 0 atom stereocenters. The van der Waals surface area contributed by atoms with Crippen molar-refractivity contribution in [1.29, 1.82) is 0 Å². The molecule has 4 rings (SSSR count). The maximum absolute atomic E-state index is 13.3. The smallest absolute Gasteiger partial charge is 0.254 e. The number of benzene rings is 2. The van der Waals surface area contributed by atoms with Crippen LogP contribution in [0.3, 0.4) is 0 Å². The monoisotopic (exact) mass is 451 g/mol. The molecule has 1 saturated heterocycles. The zero-order chi connectivity index (χ0) is 18.8. The van der Waals surface area contributed by atoms with Crippen LogP contribution in [0.25, 0.3) is 22.2 Å². The van der Waals surface area contributed by atoms with Crippen LogP contribution in [-0.2, 0) is 0 Å².